The van der Waals surface area contributed by atoms with E-state index in [1.807, 2.05) is 20.2 Å². The number of amidine groups is 1. The maximum Gasteiger partial charge on any atom is 0.173 e. The molecule has 0 radical (unpaired) electrons. The van der Waals surface area contributed by atoms with E-state index < -0.39 is 0 Å². The fourth-order valence-corrected chi connectivity index (χ4v) is 4.49. The largest absolute Gasteiger partial charge is 0.377 e. The van der Waals surface area contributed by atoms with E-state index in [-0.39, 0.29) is 5.78 Å². The third-order valence-electron chi connectivity index (χ3n) is 5.08. The molecule has 0 saturated heterocycles. The van der Waals surface area contributed by atoms with Gasteiger partial charge in [-0.1, -0.05) is 22.8 Å². The van der Waals surface area contributed by atoms with Crippen LogP contribution in [-0.4, -0.2) is 55.9 Å². The van der Waals surface area contributed by atoms with Crippen molar-refractivity contribution >= 4 is 40.2 Å². The molecule has 0 bridgehead atoms. The molecule has 2 aromatic heterocycles. The highest BCUT2D eigenvalue weighted by Gasteiger charge is 2.19. The Bertz CT molecular complexity index is 1100. The van der Waals surface area contributed by atoms with Gasteiger partial charge in [0.15, 0.2) is 5.78 Å². The van der Waals surface area contributed by atoms with Gasteiger partial charge in [0.1, 0.15) is 17.3 Å². The van der Waals surface area contributed by atoms with Gasteiger partial charge in [0.25, 0.3) is 0 Å². The number of rotatable bonds is 7. The first-order valence-electron chi connectivity index (χ1n) is 9.74. The van der Waals surface area contributed by atoms with E-state index >= 15 is 0 Å². The van der Waals surface area contributed by atoms with Gasteiger partial charge in [0.05, 0.1) is 15.8 Å². The van der Waals surface area contributed by atoms with Crippen molar-refractivity contribution in [2.24, 2.45) is 4.99 Å². The van der Waals surface area contributed by atoms with Gasteiger partial charge in [-0.05, 0) is 24.3 Å². The first-order chi connectivity index (χ1) is 14.4. The SMILES string of the molecule is CN1CCN=C1c1ccc(-c2cc(CCC(=O)c3ccc(Cl)s3)on2)c(N(C)C)c1. The minimum atomic E-state index is 0.0599. The summed E-state index contributed by atoms with van der Waals surface area (Å²) in [5, 5.41) is 4.25. The van der Waals surface area contributed by atoms with E-state index in [1.54, 1.807) is 12.1 Å². The Balaban J connectivity index is 1.53. The summed E-state index contributed by atoms with van der Waals surface area (Å²) in [6, 6.07) is 11.7. The maximum absolute atomic E-state index is 12.3. The van der Waals surface area contributed by atoms with Gasteiger partial charge in [0, 0.05) is 63.4 Å². The zero-order chi connectivity index (χ0) is 21.3. The number of halogens is 1. The molecule has 3 aromatic rings. The van der Waals surface area contributed by atoms with Crippen molar-refractivity contribution in [3.05, 3.63) is 56.9 Å². The lowest BCUT2D eigenvalue weighted by atomic mass is 10.0. The predicted octanol–water partition coefficient (Wildman–Crippen LogP) is 4.63. The number of ketones is 1. The third kappa shape index (κ3) is 4.27. The van der Waals surface area contributed by atoms with E-state index in [9.17, 15) is 4.79 Å². The number of aliphatic imine (C=N–C) groups is 1. The number of benzene rings is 1. The van der Waals surface area contributed by atoms with Crippen LogP contribution in [0.4, 0.5) is 5.69 Å². The van der Waals surface area contributed by atoms with Crippen LogP contribution in [0.3, 0.4) is 0 Å². The zero-order valence-electron chi connectivity index (χ0n) is 17.2. The summed E-state index contributed by atoms with van der Waals surface area (Å²) in [7, 11) is 6.08. The van der Waals surface area contributed by atoms with E-state index in [4.69, 9.17) is 16.1 Å². The highest BCUT2D eigenvalue weighted by Crippen LogP contribution is 2.32. The Labute approximate surface area is 184 Å². The van der Waals surface area contributed by atoms with Gasteiger partial charge in [-0.2, -0.15) is 0 Å². The van der Waals surface area contributed by atoms with Crippen LogP contribution in [0.1, 0.15) is 27.4 Å². The molecular weight excluding hydrogens is 420 g/mol. The average Bonchev–Trinajstić information content (AvgIpc) is 3.47. The standard InChI is InChI=1S/C22H23ClN4O2S/c1-26(2)18-12-14(22-24-10-11-27(22)3)4-6-16(18)17-13-15(29-25-17)5-7-19(28)20-8-9-21(23)30-20/h4,6,8-9,12-13H,5,7,10-11H2,1-3H3. The quantitative estimate of drug-likeness (QED) is 0.499. The second-order valence-corrected chi connectivity index (χ2v) is 9.17. The van der Waals surface area contributed by atoms with Crippen molar-refractivity contribution in [2.45, 2.75) is 12.8 Å². The molecule has 0 saturated carbocycles. The molecule has 0 atom stereocenters. The molecule has 0 spiro atoms. The van der Waals surface area contributed by atoms with Crippen LogP contribution in [0.2, 0.25) is 4.34 Å². The topological polar surface area (TPSA) is 61.9 Å². The van der Waals surface area contributed by atoms with E-state index in [1.165, 1.54) is 11.3 Å². The van der Waals surface area contributed by atoms with Crippen molar-refractivity contribution < 1.29 is 9.32 Å². The molecule has 0 fully saturated rings. The lowest BCUT2D eigenvalue weighted by molar-refractivity contribution is 0.0984. The molecule has 1 aliphatic heterocycles. The minimum Gasteiger partial charge on any atom is -0.377 e. The summed E-state index contributed by atoms with van der Waals surface area (Å²) in [4.78, 5) is 21.8. The summed E-state index contributed by atoms with van der Waals surface area (Å²) in [6.45, 7) is 1.77. The Morgan fingerprint density at radius 3 is 2.77 bits per heavy atom. The second-order valence-electron chi connectivity index (χ2n) is 7.46. The molecule has 0 aliphatic carbocycles. The molecule has 30 heavy (non-hydrogen) atoms. The minimum absolute atomic E-state index is 0.0599. The summed E-state index contributed by atoms with van der Waals surface area (Å²) < 4.78 is 6.14. The smallest absolute Gasteiger partial charge is 0.173 e. The summed E-state index contributed by atoms with van der Waals surface area (Å²) in [5.41, 5.74) is 3.87. The summed E-state index contributed by atoms with van der Waals surface area (Å²) >= 11 is 7.22. The van der Waals surface area contributed by atoms with Crippen LogP contribution < -0.4 is 4.90 Å². The van der Waals surface area contributed by atoms with Gasteiger partial charge in [-0.3, -0.25) is 9.79 Å². The number of carbonyl (C=O) groups is 1. The normalized spacial score (nSPS) is 13.6. The number of anilines is 1. The Hall–Kier alpha value is -2.64. The van der Waals surface area contributed by atoms with Gasteiger partial charge in [-0.25, -0.2) is 0 Å². The third-order valence-corrected chi connectivity index (χ3v) is 6.35. The zero-order valence-corrected chi connectivity index (χ0v) is 18.8. The van der Waals surface area contributed by atoms with Crippen LogP contribution in [0.15, 0.2) is 45.9 Å². The van der Waals surface area contributed by atoms with Gasteiger partial charge in [0.2, 0.25) is 0 Å². The van der Waals surface area contributed by atoms with Crippen molar-refractivity contribution in [1.82, 2.24) is 10.1 Å². The number of aryl methyl sites for hydroxylation is 1. The first-order valence-corrected chi connectivity index (χ1v) is 10.9. The fraction of sp³-hybridized carbons (Fsp3) is 0.318. The van der Waals surface area contributed by atoms with Gasteiger partial charge >= 0.3 is 0 Å². The number of carbonyl (C=O) groups excluding carboxylic acids is 1. The number of hydrogen-bond acceptors (Lipinski definition) is 7. The number of thiophene rings is 1. The molecule has 0 amide bonds. The number of hydrogen-bond donors (Lipinski definition) is 0. The van der Waals surface area contributed by atoms with Crippen LogP contribution in [0.5, 0.6) is 0 Å². The van der Waals surface area contributed by atoms with Crippen LogP contribution in [0.25, 0.3) is 11.3 Å². The summed E-state index contributed by atoms with van der Waals surface area (Å²) in [6.07, 6.45) is 0.857. The second kappa shape index (κ2) is 8.62. The van der Waals surface area contributed by atoms with Crippen molar-refractivity contribution in [2.75, 3.05) is 39.1 Å². The Morgan fingerprint density at radius 2 is 2.10 bits per heavy atom. The van der Waals surface area contributed by atoms with E-state index in [0.29, 0.717) is 27.8 Å². The van der Waals surface area contributed by atoms with E-state index in [0.717, 1.165) is 41.4 Å². The van der Waals surface area contributed by atoms with Gasteiger partial charge < -0.3 is 14.3 Å². The van der Waals surface area contributed by atoms with E-state index in [2.05, 4.69) is 45.2 Å². The molecule has 156 valence electrons. The van der Waals surface area contributed by atoms with Gasteiger partial charge in [-0.15, -0.1) is 11.3 Å². The number of likely N-dealkylation sites (N-methyl/N-ethyl adjacent to an activating group) is 1. The van der Waals surface area contributed by atoms with Crippen LogP contribution in [0, 0.1) is 0 Å². The predicted molar refractivity (Wildman–Crippen MR) is 122 cm³/mol. The Morgan fingerprint density at radius 1 is 1.27 bits per heavy atom. The lowest BCUT2D eigenvalue weighted by Crippen LogP contribution is -2.23. The van der Waals surface area contributed by atoms with Crippen molar-refractivity contribution in [3.8, 4) is 11.3 Å². The monoisotopic (exact) mass is 442 g/mol. The number of nitrogens with zero attached hydrogens (tertiary/aromatic N) is 4. The molecule has 6 nitrogen and oxygen atoms in total. The average molecular weight is 443 g/mol. The highest BCUT2D eigenvalue weighted by atomic mass is 35.5. The van der Waals surface area contributed by atoms with Crippen molar-refractivity contribution in [1.29, 1.82) is 0 Å². The molecule has 0 unspecified atom stereocenters. The fourth-order valence-electron chi connectivity index (χ4n) is 3.48. The maximum atomic E-state index is 12.3. The number of aromatic nitrogens is 1. The van der Waals surface area contributed by atoms with Crippen LogP contribution in [-0.2, 0) is 6.42 Å². The van der Waals surface area contributed by atoms with Crippen molar-refractivity contribution in [3.63, 3.8) is 0 Å². The van der Waals surface area contributed by atoms with Crippen LogP contribution >= 0.6 is 22.9 Å². The molecule has 1 aromatic carbocycles. The molecular formula is C22H23ClN4O2S. The highest BCUT2D eigenvalue weighted by molar-refractivity contribution is 7.18. The summed E-state index contributed by atoms with van der Waals surface area (Å²) in [5.74, 6) is 1.76. The molecule has 3 heterocycles. The molecule has 4 rings (SSSR count). The lowest BCUT2D eigenvalue weighted by Gasteiger charge is -2.20. The molecule has 0 N–H and O–H groups in total. The Kier molecular flexibility index (Phi) is 5.92. The first kappa shape index (κ1) is 20.6. The molecule has 8 heteroatoms. The molecule has 1 aliphatic rings. The number of Topliss-reactive ketones (excluding diaryl/α,β-unsaturated/α-hetero) is 1.